The number of carbonyl (C=O) groups excluding carboxylic acids is 5. The Kier molecular flexibility index (Phi) is 8.78. The number of pyridine rings is 1. The smallest absolute Gasteiger partial charge is 0.262 e. The molecule has 0 spiro atoms. The topological polar surface area (TPSA) is 175 Å². The highest BCUT2D eigenvalue weighted by molar-refractivity contribution is 7.92. The number of carbonyl (C=O) groups is 5. The number of ketones is 1. The SMILES string of the molecule is CCCS(=O)(=O)Nc1ccc(F)c(C(=O)c2c[nH]c3ncc(-c4ccc(Bc5cccc6c5C(=O)N(C5CCC(=O)NC5=O)C6=O)cc4)cc23)c1F. The van der Waals surface area contributed by atoms with Gasteiger partial charge in [-0.2, -0.15) is 0 Å². The van der Waals surface area contributed by atoms with Crippen molar-refractivity contribution in [3.63, 3.8) is 0 Å². The second-order valence-corrected chi connectivity index (χ2v) is 14.4. The molecule has 0 aliphatic carbocycles. The van der Waals surface area contributed by atoms with Gasteiger partial charge in [-0.25, -0.2) is 22.2 Å². The van der Waals surface area contributed by atoms with Crippen molar-refractivity contribution in [3.8, 4) is 11.1 Å². The number of sulfonamides is 1. The van der Waals surface area contributed by atoms with E-state index in [0.29, 0.717) is 16.6 Å². The van der Waals surface area contributed by atoms with Crippen molar-refractivity contribution in [1.29, 1.82) is 0 Å². The standard InChI is InChI=1S/C36H28BF2N5O7S/c1-2-14-52(50,51)43-26-11-10-25(38)30(31(26)39)32(46)23-17-41-33-22(23)15-19(16-40-33)18-6-8-20(9-7-18)37-24-5-3-4-21-29(24)36(49)44(35(21)48)27-12-13-28(45)42-34(27)47/h3-11,15-17,27,37,43H,2,12-14H2,1H3,(H,40,41)(H,42,45,47). The van der Waals surface area contributed by atoms with Crippen LogP contribution < -0.4 is 21.0 Å². The highest BCUT2D eigenvalue weighted by atomic mass is 32.2. The van der Waals surface area contributed by atoms with E-state index in [1.165, 1.54) is 12.3 Å². The normalized spacial score (nSPS) is 15.9. The van der Waals surface area contributed by atoms with E-state index in [1.807, 2.05) is 12.1 Å². The van der Waals surface area contributed by atoms with Gasteiger partial charge >= 0.3 is 0 Å². The number of hydrogen-bond acceptors (Lipinski definition) is 8. The number of hydrogen-bond donors (Lipinski definition) is 3. The monoisotopic (exact) mass is 723 g/mol. The first-order chi connectivity index (χ1) is 24.9. The molecule has 0 bridgehead atoms. The summed E-state index contributed by atoms with van der Waals surface area (Å²) in [7, 11) is -3.64. The van der Waals surface area contributed by atoms with Crippen molar-refractivity contribution >= 4 is 74.4 Å². The Labute approximate surface area is 295 Å². The fraction of sp³-hybridized carbons (Fsp3) is 0.167. The lowest BCUT2D eigenvalue weighted by molar-refractivity contribution is -0.136. The van der Waals surface area contributed by atoms with Crippen molar-refractivity contribution in [2.24, 2.45) is 0 Å². The van der Waals surface area contributed by atoms with Crippen LogP contribution in [0.25, 0.3) is 22.2 Å². The number of amides is 4. The third kappa shape index (κ3) is 6.14. The summed E-state index contributed by atoms with van der Waals surface area (Å²) in [5.74, 6) is -6.12. The van der Waals surface area contributed by atoms with Crippen LogP contribution in [0.1, 0.15) is 62.8 Å². The van der Waals surface area contributed by atoms with Gasteiger partial charge in [-0.1, -0.05) is 54.2 Å². The van der Waals surface area contributed by atoms with Crippen LogP contribution in [0, 0.1) is 11.6 Å². The maximum Gasteiger partial charge on any atom is 0.262 e. The number of rotatable bonds is 10. The lowest BCUT2D eigenvalue weighted by Crippen LogP contribution is -2.54. The number of halogens is 2. The number of fused-ring (bicyclic) bond motifs is 2. The summed E-state index contributed by atoms with van der Waals surface area (Å²) in [5.41, 5.74) is 1.79. The van der Waals surface area contributed by atoms with Gasteiger partial charge in [0.1, 0.15) is 17.5 Å². The first-order valence-corrected chi connectivity index (χ1v) is 17.9. The maximum atomic E-state index is 15.5. The number of H-pyrrole nitrogens is 1. The highest BCUT2D eigenvalue weighted by Gasteiger charge is 2.45. The minimum atomic E-state index is -3.92. The van der Waals surface area contributed by atoms with Crippen molar-refractivity contribution in [2.75, 3.05) is 10.5 Å². The summed E-state index contributed by atoms with van der Waals surface area (Å²) in [5, 5.41) is 2.47. The van der Waals surface area contributed by atoms with Gasteiger partial charge in [0, 0.05) is 40.9 Å². The molecular formula is C36H28BF2N5O7S. The van der Waals surface area contributed by atoms with Gasteiger partial charge in [0.15, 0.2) is 13.1 Å². The van der Waals surface area contributed by atoms with E-state index in [1.54, 1.807) is 43.5 Å². The summed E-state index contributed by atoms with van der Waals surface area (Å²) >= 11 is 0. The van der Waals surface area contributed by atoms with Crippen molar-refractivity contribution in [1.82, 2.24) is 20.2 Å². The Hall–Kier alpha value is -6.03. The fourth-order valence-corrected chi connectivity index (χ4v) is 7.71. The second kappa shape index (κ2) is 13.3. The number of nitrogens with one attached hydrogen (secondary N) is 3. The summed E-state index contributed by atoms with van der Waals surface area (Å²) in [6.45, 7) is 1.63. The molecule has 3 aromatic carbocycles. The average molecular weight is 724 g/mol. The van der Waals surface area contributed by atoms with Gasteiger partial charge in [0.2, 0.25) is 27.6 Å². The van der Waals surface area contributed by atoms with Gasteiger partial charge in [-0.15, -0.1) is 0 Å². The van der Waals surface area contributed by atoms with Gasteiger partial charge in [-0.3, -0.25) is 38.9 Å². The first-order valence-electron chi connectivity index (χ1n) is 16.3. The average Bonchev–Trinajstić information content (AvgIpc) is 3.64. The molecule has 16 heteroatoms. The summed E-state index contributed by atoms with van der Waals surface area (Å²) in [6, 6.07) is 14.5. The number of aromatic nitrogens is 2. The molecule has 2 aromatic heterocycles. The molecule has 5 aromatic rings. The summed E-state index contributed by atoms with van der Waals surface area (Å²) in [6.07, 6.45) is 3.18. The largest absolute Gasteiger partial charge is 0.345 e. The molecule has 52 heavy (non-hydrogen) atoms. The third-order valence-corrected chi connectivity index (χ3v) is 10.5. The Morgan fingerprint density at radius 2 is 1.79 bits per heavy atom. The van der Waals surface area contributed by atoms with E-state index in [9.17, 15) is 36.8 Å². The Balaban J connectivity index is 1.14. The first kappa shape index (κ1) is 34.4. The van der Waals surface area contributed by atoms with Crippen LogP contribution in [-0.2, 0) is 19.6 Å². The molecule has 1 saturated heterocycles. The molecule has 3 N–H and O–H groups in total. The molecule has 4 heterocycles. The minimum absolute atomic E-state index is 0.0172. The number of anilines is 1. The Bertz CT molecular complexity index is 2470. The molecule has 262 valence electrons. The van der Waals surface area contributed by atoms with Gasteiger partial charge in [-0.05, 0) is 42.7 Å². The fourth-order valence-electron chi connectivity index (χ4n) is 6.58. The van der Waals surface area contributed by atoms with Crippen LogP contribution in [0.5, 0.6) is 0 Å². The molecular weight excluding hydrogens is 695 g/mol. The highest BCUT2D eigenvalue weighted by Crippen LogP contribution is 2.30. The number of benzene rings is 3. The van der Waals surface area contributed by atoms with Crippen LogP contribution in [0.2, 0.25) is 0 Å². The van der Waals surface area contributed by atoms with Gasteiger partial charge in [0.25, 0.3) is 11.8 Å². The second-order valence-electron chi connectivity index (χ2n) is 12.5. The van der Waals surface area contributed by atoms with Crippen LogP contribution in [0.4, 0.5) is 14.5 Å². The summed E-state index contributed by atoms with van der Waals surface area (Å²) < 4.78 is 56.9. The van der Waals surface area contributed by atoms with E-state index >= 15 is 4.39 Å². The van der Waals surface area contributed by atoms with Crippen LogP contribution in [0.15, 0.2) is 73.1 Å². The number of aromatic amines is 1. The Morgan fingerprint density at radius 3 is 2.52 bits per heavy atom. The van der Waals surface area contributed by atoms with E-state index in [2.05, 4.69) is 20.0 Å². The third-order valence-electron chi connectivity index (χ3n) is 9.07. The maximum absolute atomic E-state index is 15.5. The molecule has 7 rings (SSSR count). The molecule has 1 atom stereocenters. The molecule has 4 amide bonds. The number of nitrogens with zero attached hydrogens (tertiary/aromatic N) is 2. The van der Waals surface area contributed by atoms with E-state index in [4.69, 9.17) is 0 Å². The van der Waals surface area contributed by atoms with Crippen LogP contribution >= 0.6 is 0 Å². The molecule has 12 nitrogen and oxygen atoms in total. The quantitative estimate of drug-likeness (QED) is 0.112. The molecule has 2 aliphatic rings. The van der Waals surface area contributed by atoms with E-state index in [-0.39, 0.29) is 60.0 Å². The van der Waals surface area contributed by atoms with E-state index < -0.39 is 68.4 Å². The van der Waals surface area contributed by atoms with Crippen LogP contribution in [0.3, 0.4) is 0 Å². The summed E-state index contributed by atoms with van der Waals surface area (Å²) in [4.78, 5) is 72.5. The molecule has 0 saturated carbocycles. The van der Waals surface area contributed by atoms with Crippen molar-refractivity contribution in [3.05, 3.63) is 107 Å². The number of piperidine rings is 1. The lowest BCUT2D eigenvalue weighted by Gasteiger charge is -2.27. The van der Waals surface area contributed by atoms with Crippen LogP contribution in [-0.4, -0.2) is 71.8 Å². The van der Waals surface area contributed by atoms with Gasteiger partial charge < -0.3 is 4.98 Å². The molecule has 2 aliphatic heterocycles. The van der Waals surface area contributed by atoms with Crippen molar-refractivity contribution in [2.45, 2.75) is 32.2 Å². The van der Waals surface area contributed by atoms with Gasteiger partial charge in [0.05, 0.1) is 22.6 Å². The Morgan fingerprint density at radius 1 is 1.02 bits per heavy atom. The zero-order valence-electron chi connectivity index (χ0n) is 27.5. The van der Waals surface area contributed by atoms with Crippen molar-refractivity contribution < 1.29 is 41.2 Å². The predicted octanol–water partition coefficient (Wildman–Crippen LogP) is 2.68. The molecule has 0 radical (unpaired) electrons. The zero-order valence-corrected chi connectivity index (χ0v) is 28.3. The lowest BCUT2D eigenvalue weighted by atomic mass is 9.62. The number of imide groups is 2. The molecule has 1 fully saturated rings. The zero-order chi connectivity index (χ0) is 36.9. The van der Waals surface area contributed by atoms with E-state index in [0.717, 1.165) is 22.5 Å². The predicted molar refractivity (Wildman–Crippen MR) is 189 cm³/mol. The minimum Gasteiger partial charge on any atom is -0.345 e. The molecule has 1 unspecified atom stereocenters.